The SMILES string of the molecule is C#CCCN1C(=O)C(=O)c2c(Cl)ccc(F)c21. The highest BCUT2D eigenvalue weighted by atomic mass is 35.5. The largest absolute Gasteiger partial charge is 0.301 e. The van der Waals surface area contributed by atoms with E-state index in [2.05, 4.69) is 5.92 Å². The molecule has 17 heavy (non-hydrogen) atoms. The van der Waals surface area contributed by atoms with Gasteiger partial charge in [0.15, 0.2) is 0 Å². The summed E-state index contributed by atoms with van der Waals surface area (Å²) in [5.41, 5.74) is -0.142. The fourth-order valence-corrected chi connectivity index (χ4v) is 1.98. The number of carbonyl (C=O) groups excluding carboxylic acids is 2. The van der Waals surface area contributed by atoms with Gasteiger partial charge < -0.3 is 4.90 Å². The molecule has 3 nitrogen and oxygen atoms in total. The molecule has 0 fully saturated rings. The minimum absolute atomic E-state index is 0.0669. The summed E-state index contributed by atoms with van der Waals surface area (Å²) in [5, 5.41) is 0.0722. The molecular weight excluding hydrogens is 245 g/mol. The fraction of sp³-hybridized carbons (Fsp3) is 0.167. The Kier molecular flexibility index (Phi) is 2.86. The van der Waals surface area contributed by atoms with Crippen LogP contribution < -0.4 is 4.90 Å². The van der Waals surface area contributed by atoms with Crippen LogP contribution in [-0.2, 0) is 4.79 Å². The molecule has 1 aliphatic heterocycles. The maximum atomic E-state index is 13.6. The number of hydrogen-bond donors (Lipinski definition) is 0. The number of anilines is 1. The zero-order valence-electron chi connectivity index (χ0n) is 8.67. The standard InChI is InChI=1S/C12H7ClFNO2/c1-2-3-6-15-10-8(14)5-4-7(13)9(10)11(16)12(15)17/h1,4-5H,3,6H2. The third-order valence-corrected chi connectivity index (χ3v) is 2.81. The molecular formula is C12H7ClFNO2. The third kappa shape index (κ3) is 1.69. The van der Waals surface area contributed by atoms with Crippen molar-refractivity contribution in [2.45, 2.75) is 6.42 Å². The van der Waals surface area contributed by atoms with E-state index < -0.39 is 17.5 Å². The number of hydrogen-bond acceptors (Lipinski definition) is 2. The van der Waals surface area contributed by atoms with Crippen molar-refractivity contribution in [3.63, 3.8) is 0 Å². The molecule has 0 unspecified atom stereocenters. The summed E-state index contributed by atoms with van der Waals surface area (Å²) < 4.78 is 13.6. The average molecular weight is 252 g/mol. The van der Waals surface area contributed by atoms with E-state index in [4.69, 9.17) is 18.0 Å². The van der Waals surface area contributed by atoms with E-state index in [1.165, 1.54) is 6.07 Å². The monoisotopic (exact) mass is 251 g/mol. The second kappa shape index (κ2) is 4.19. The van der Waals surface area contributed by atoms with Gasteiger partial charge in [-0.2, -0.15) is 0 Å². The van der Waals surface area contributed by atoms with Gasteiger partial charge in [0.1, 0.15) is 5.82 Å². The quantitative estimate of drug-likeness (QED) is 0.596. The van der Waals surface area contributed by atoms with Crippen molar-refractivity contribution in [3.8, 4) is 12.3 Å². The number of rotatable bonds is 2. The van der Waals surface area contributed by atoms with E-state index in [1.54, 1.807) is 0 Å². The molecule has 0 aromatic heterocycles. The maximum absolute atomic E-state index is 13.6. The number of carbonyl (C=O) groups is 2. The predicted molar refractivity (Wildman–Crippen MR) is 61.5 cm³/mol. The highest BCUT2D eigenvalue weighted by molar-refractivity contribution is 6.55. The molecule has 0 aliphatic carbocycles. The Morgan fingerprint density at radius 2 is 2.12 bits per heavy atom. The first-order chi connectivity index (χ1) is 8.07. The summed E-state index contributed by atoms with van der Waals surface area (Å²) in [6.45, 7) is 0.103. The van der Waals surface area contributed by atoms with Crippen LogP contribution in [0.5, 0.6) is 0 Å². The molecule has 1 aromatic rings. The summed E-state index contributed by atoms with van der Waals surface area (Å²) >= 11 is 5.79. The lowest BCUT2D eigenvalue weighted by Gasteiger charge is -2.15. The third-order valence-electron chi connectivity index (χ3n) is 2.49. The Morgan fingerprint density at radius 3 is 2.76 bits per heavy atom. The van der Waals surface area contributed by atoms with Crippen molar-refractivity contribution in [2.75, 3.05) is 11.4 Å². The first kappa shape index (κ1) is 11.6. The van der Waals surface area contributed by atoms with Crippen molar-refractivity contribution in [1.29, 1.82) is 0 Å². The summed E-state index contributed by atoms with van der Waals surface area (Å²) in [7, 11) is 0. The lowest BCUT2D eigenvalue weighted by atomic mass is 10.1. The van der Waals surface area contributed by atoms with Crippen LogP contribution in [0.1, 0.15) is 16.8 Å². The van der Waals surface area contributed by atoms with Crippen molar-refractivity contribution in [3.05, 3.63) is 28.5 Å². The molecule has 1 aliphatic rings. The molecule has 0 saturated carbocycles. The van der Waals surface area contributed by atoms with E-state index in [0.29, 0.717) is 0 Å². The maximum Gasteiger partial charge on any atom is 0.299 e. The molecule has 0 N–H and O–H groups in total. The van der Waals surface area contributed by atoms with Crippen LogP contribution in [0.2, 0.25) is 5.02 Å². The van der Waals surface area contributed by atoms with Crippen LogP contribution in [0.25, 0.3) is 0 Å². The van der Waals surface area contributed by atoms with Gasteiger partial charge in [0, 0.05) is 13.0 Å². The van der Waals surface area contributed by atoms with Gasteiger partial charge in [-0.25, -0.2) is 4.39 Å². The number of fused-ring (bicyclic) bond motifs is 1. The zero-order chi connectivity index (χ0) is 12.6. The number of ketones is 1. The summed E-state index contributed by atoms with van der Waals surface area (Å²) in [6, 6.07) is 2.38. The molecule has 1 amide bonds. The summed E-state index contributed by atoms with van der Waals surface area (Å²) in [6.07, 6.45) is 5.32. The van der Waals surface area contributed by atoms with Crippen molar-refractivity contribution in [2.24, 2.45) is 0 Å². The molecule has 1 aromatic carbocycles. The Balaban J connectivity index is 2.56. The smallest absolute Gasteiger partial charge is 0.299 e. The molecule has 0 bridgehead atoms. The molecule has 5 heteroatoms. The van der Waals surface area contributed by atoms with E-state index in [-0.39, 0.29) is 29.2 Å². The summed E-state index contributed by atoms with van der Waals surface area (Å²) in [5.74, 6) is 0.102. The van der Waals surface area contributed by atoms with Crippen molar-refractivity contribution in [1.82, 2.24) is 0 Å². The lowest BCUT2D eigenvalue weighted by molar-refractivity contribution is -0.114. The molecule has 0 saturated heterocycles. The normalized spacial score (nSPS) is 13.8. The van der Waals surface area contributed by atoms with Crippen LogP contribution in [0.15, 0.2) is 12.1 Å². The van der Waals surface area contributed by atoms with E-state index in [1.807, 2.05) is 0 Å². The van der Waals surface area contributed by atoms with Gasteiger partial charge >= 0.3 is 0 Å². The second-order valence-electron chi connectivity index (χ2n) is 3.49. The van der Waals surface area contributed by atoms with Crippen LogP contribution in [0.4, 0.5) is 10.1 Å². The fourth-order valence-electron chi connectivity index (χ4n) is 1.74. The highest BCUT2D eigenvalue weighted by Crippen LogP contribution is 2.36. The number of halogens is 2. The van der Waals surface area contributed by atoms with Gasteiger partial charge in [0.2, 0.25) is 0 Å². The van der Waals surface area contributed by atoms with Crippen molar-refractivity contribution < 1.29 is 14.0 Å². The Hall–Kier alpha value is -1.86. The number of Topliss-reactive ketones (excluding diaryl/α,β-unsaturated/α-hetero) is 1. The van der Waals surface area contributed by atoms with Gasteiger partial charge in [-0.05, 0) is 12.1 Å². The number of amides is 1. The van der Waals surface area contributed by atoms with Crippen molar-refractivity contribution >= 4 is 29.0 Å². The topological polar surface area (TPSA) is 37.4 Å². The zero-order valence-corrected chi connectivity index (χ0v) is 9.42. The number of nitrogens with zero attached hydrogens (tertiary/aromatic N) is 1. The molecule has 0 radical (unpaired) electrons. The minimum atomic E-state index is -0.790. The molecule has 1 heterocycles. The van der Waals surface area contributed by atoms with Gasteiger partial charge in [-0.3, -0.25) is 9.59 Å². The molecule has 86 valence electrons. The van der Waals surface area contributed by atoms with Crippen LogP contribution in [0, 0.1) is 18.2 Å². The first-order valence-electron chi connectivity index (χ1n) is 4.85. The lowest BCUT2D eigenvalue weighted by Crippen LogP contribution is -2.30. The minimum Gasteiger partial charge on any atom is -0.301 e. The highest BCUT2D eigenvalue weighted by Gasteiger charge is 2.39. The van der Waals surface area contributed by atoms with E-state index in [0.717, 1.165) is 11.0 Å². The predicted octanol–water partition coefficient (Wildman–Crippen LogP) is 2.03. The number of benzene rings is 1. The second-order valence-corrected chi connectivity index (χ2v) is 3.90. The van der Waals surface area contributed by atoms with Gasteiger partial charge in [-0.15, -0.1) is 12.3 Å². The van der Waals surface area contributed by atoms with Crippen LogP contribution in [0.3, 0.4) is 0 Å². The Bertz CT molecular complexity index is 562. The van der Waals surface area contributed by atoms with Gasteiger partial charge in [-0.1, -0.05) is 11.6 Å². The van der Waals surface area contributed by atoms with E-state index in [9.17, 15) is 14.0 Å². The Labute approximate surface area is 102 Å². The van der Waals surface area contributed by atoms with Gasteiger partial charge in [0.25, 0.3) is 11.7 Å². The summed E-state index contributed by atoms with van der Waals surface area (Å²) in [4.78, 5) is 24.3. The number of terminal acetylenes is 1. The molecule has 0 spiro atoms. The first-order valence-corrected chi connectivity index (χ1v) is 5.23. The van der Waals surface area contributed by atoms with Gasteiger partial charge in [0.05, 0.1) is 16.3 Å². The molecule has 0 atom stereocenters. The van der Waals surface area contributed by atoms with Crippen LogP contribution in [-0.4, -0.2) is 18.2 Å². The van der Waals surface area contributed by atoms with E-state index >= 15 is 0 Å². The van der Waals surface area contributed by atoms with Crippen LogP contribution >= 0.6 is 11.6 Å². The Morgan fingerprint density at radius 1 is 1.41 bits per heavy atom. The average Bonchev–Trinajstić information content (AvgIpc) is 2.56. The molecule has 2 rings (SSSR count).